The zero-order valence-corrected chi connectivity index (χ0v) is 5.46. The second-order valence-electron chi connectivity index (χ2n) is 2.32. The van der Waals surface area contributed by atoms with Gasteiger partial charge in [-0.3, -0.25) is 4.79 Å². The molecule has 0 bridgehead atoms. The fourth-order valence-corrected chi connectivity index (χ4v) is 0.901. The molecule has 0 unspecified atom stereocenters. The van der Waals surface area contributed by atoms with Gasteiger partial charge in [-0.15, -0.1) is 6.58 Å². The molecule has 50 valence electrons. The van der Waals surface area contributed by atoms with Crippen LogP contribution in [0.25, 0.3) is 0 Å². The van der Waals surface area contributed by atoms with E-state index in [9.17, 15) is 4.79 Å². The Kier molecular flexibility index (Phi) is 1.56. The summed E-state index contributed by atoms with van der Waals surface area (Å²) in [6, 6.07) is 0. The zero-order chi connectivity index (χ0) is 6.85. The van der Waals surface area contributed by atoms with Crippen LogP contribution in [0.5, 0.6) is 0 Å². The van der Waals surface area contributed by atoms with Crippen molar-refractivity contribution in [1.29, 1.82) is 0 Å². The Morgan fingerprint density at radius 1 is 1.89 bits per heavy atom. The van der Waals surface area contributed by atoms with Crippen molar-refractivity contribution in [1.82, 2.24) is 0 Å². The van der Waals surface area contributed by atoms with Crippen LogP contribution < -0.4 is 0 Å². The molecular formula is C7H10O2. The minimum atomic E-state index is -0.0973. The molecule has 1 aliphatic heterocycles. The van der Waals surface area contributed by atoms with E-state index in [2.05, 4.69) is 6.58 Å². The molecule has 0 radical (unpaired) electrons. The van der Waals surface area contributed by atoms with E-state index in [0.717, 1.165) is 0 Å². The van der Waals surface area contributed by atoms with E-state index >= 15 is 0 Å². The van der Waals surface area contributed by atoms with E-state index in [1.165, 1.54) is 0 Å². The van der Waals surface area contributed by atoms with Crippen LogP contribution in [0.1, 0.15) is 6.92 Å². The molecule has 0 aromatic carbocycles. The van der Waals surface area contributed by atoms with Crippen molar-refractivity contribution in [2.24, 2.45) is 11.8 Å². The molecule has 9 heavy (non-hydrogen) atoms. The lowest BCUT2D eigenvalue weighted by Crippen LogP contribution is -2.08. The normalized spacial score (nSPS) is 34.1. The van der Waals surface area contributed by atoms with Crippen molar-refractivity contribution in [2.75, 3.05) is 6.61 Å². The van der Waals surface area contributed by atoms with Gasteiger partial charge in [0, 0.05) is 5.92 Å². The van der Waals surface area contributed by atoms with Crippen LogP contribution in [-0.4, -0.2) is 12.6 Å². The lowest BCUT2D eigenvalue weighted by molar-refractivity contribution is -0.140. The van der Waals surface area contributed by atoms with Gasteiger partial charge < -0.3 is 4.74 Å². The molecule has 1 saturated heterocycles. The van der Waals surface area contributed by atoms with Gasteiger partial charge in [0.15, 0.2) is 0 Å². The molecule has 0 amide bonds. The first-order chi connectivity index (χ1) is 4.25. The van der Waals surface area contributed by atoms with Crippen molar-refractivity contribution in [3.63, 3.8) is 0 Å². The van der Waals surface area contributed by atoms with Crippen LogP contribution in [-0.2, 0) is 9.53 Å². The first-order valence-electron chi connectivity index (χ1n) is 3.05. The molecule has 1 heterocycles. The first-order valence-corrected chi connectivity index (χ1v) is 3.05. The average molecular weight is 126 g/mol. The number of ether oxygens (including phenoxy) is 1. The van der Waals surface area contributed by atoms with Crippen molar-refractivity contribution in [2.45, 2.75) is 6.92 Å². The van der Waals surface area contributed by atoms with Crippen LogP contribution in [0.2, 0.25) is 0 Å². The number of cyclic esters (lactones) is 1. The zero-order valence-electron chi connectivity index (χ0n) is 5.46. The Bertz CT molecular complexity index is 140. The van der Waals surface area contributed by atoms with Gasteiger partial charge in [0.2, 0.25) is 0 Å². The van der Waals surface area contributed by atoms with Gasteiger partial charge in [-0.1, -0.05) is 13.0 Å². The van der Waals surface area contributed by atoms with Crippen molar-refractivity contribution in [3.8, 4) is 0 Å². The molecule has 2 atom stereocenters. The van der Waals surface area contributed by atoms with Crippen LogP contribution in [0.3, 0.4) is 0 Å². The van der Waals surface area contributed by atoms with Gasteiger partial charge in [-0.25, -0.2) is 0 Å². The molecular weight excluding hydrogens is 116 g/mol. The number of hydrogen-bond acceptors (Lipinski definition) is 2. The summed E-state index contributed by atoms with van der Waals surface area (Å²) < 4.78 is 4.76. The number of carbonyl (C=O) groups excluding carboxylic acids is 1. The fourth-order valence-electron chi connectivity index (χ4n) is 0.901. The summed E-state index contributed by atoms with van der Waals surface area (Å²) in [5.41, 5.74) is 0. The maximum atomic E-state index is 10.7. The van der Waals surface area contributed by atoms with Gasteiger partial charge in [-0.2, -0.15) is 0 Å². The molecule has 0 aromatic heterocycles. The third-order valence-electron chi connectivity index (χ3n) is 1.73. The van der Waals surface area contributed by atoms with Gasteiger partial charge >= 0.3 is 5.97 Å². The second-order valence-corrected chi connectivity index (χ2v) is 2.32. The lowest BCUT2D eigenvalue weighted by Gasteiger charge is -2.00. The Morgan fingerprint density at radius 2 is 2.56 bits per heavy atom. The molecule has 0 aliphatic carbocycles. The molecule has 0 saturated carbocycles. The quantitative estimate of drug-likeness (QED) is 0.386. The summed E-state index contributed by atoms with van der Waals surface area (Å²) in [4.78, 5) is 10.7. The SMILES string of the molecule is C=C[C@@H]1COC(=O)[C@@H]1C. The maximum absolute atomic E-state index is 10.7. The number of esters is 1. The van der Waals surface area contributed by atoms with E-state index in [0.29, 0.717) is 6.61 Å². The molecule has 0 N–H and O–H groups in total. The topological polar surface area (TPSA) is 26.3 Å². The van der Waals surface area contributed by atoms with Crippen LogP contribution >= 0.6 is 0 Å². The highest BCUT2D eigenvalue weighted by Gasteiger charge is 2.30. The van der Waals surface area contributed by atoms with Gasteiger partial charge in [-0.05, 0) is 0 Å². The summed E-state index contributed by atoms with van der Waals surface area (Å²) >= 11 is 0. The highest BCUT2D eigenvalue weighted by Crippen LogP contribution is 2.21. The lowest BCUT2D eigenvalue weighted by atomic mass is 9.98. The Labute approximate surface area is 54.5 Å². The molecule has 1 fully saturated rings. The summed E-state index contributed by atoms with van der Waals surface area (Å²) in [5, 5.41) is 0. The van der Waals surface area contributed by atoms with Crippen LogP contribution in [0.15, 0.2) is 12.7 Å². The monoisotopic (exact) mass is 126 g/mol. The van der Waals surface area contributed by atoms with E-state index in [-0.39, 0.29) is 17.8 Å². The largest absolute Gasteiger partial charge is 0.465 e. The van der Waals surface area contributed by atoms with E-state index in [1.807, 2.05) is 6.92 Å². The average Bonchev–Trinajstić information content (AvgIpc) is 2.15. The maximum Gasteiger partial charge on any atom is 0.309 e. The number of hydrogen-bond donors (Lipinski definition) is 0. The molecule has 0 spiro atoms. The Morgan fingerprint density at radius 3 is 2.78 bits per heavy atom. The molecule has 2 heteroatoms. The molecule has 2 nitrogen and oxygen atoms in total. The number of rotatable bonds is 1. The predicted octanol–water partition coefficient (Wildman–Crippen LogP) is 0.982. The summed E-state index contributed by atoms with van der Waals surface area (Å²) in [6.07, 6.45) is 1.77. The van der Waals surface area contributed by atoms with Crippen molar-refractivity contribution in [3.05, 3.63) is 12.7 Å². The highest BCUT2D eigenvalue weighted by atomic mass is 16.5. The first kappa shape index (κ1) is 6.33. The minimum Gasteiger partial charge on any atom is -0.465 e. The summed E-state index contributed by atoms with van der Waals surface area (Å²) in [6.45, 7) is 5.98. The van der Waals surface area contributed by atoms with Crippen LogP contribution in [0.4, 0.5) is 0 Å². The third kappa shape index (κ3) is 0.969. The van der Waals surface area contributed by atoms with E-state index in [1.54, 1.807) is 6.08 Å². The minimum absolute atomic E-state index is 0.0162. The fraction of sp³-hybridized carbons (Fsp3) is 0.571. The van der Waals surface area contributed by atoms with Crippen molar-refractivity contribution < 1.29 is 9.53 Å². The van der Waals surface area contributed by atoms with E-state index < -0.39 is 0 Å². The van der Waals surface area contributed by atoms with E-state index in [4.69, 9.17) is 4.74 Å². The number of carbonyl (C=O) groups is 1. The Hall–Kier alpha value is -0.790. The Balaban J connectivity index is 2.61. The smallest absolute Gasteiger partial charge is 0.309 e. The predicted molar refractivity (Wildman–Crippen MR) is 33.8 cm³/mol. The van der Waals surface area contributed by atoms with Gasteiger partial charge in [0.05, 0.1) is 12.5 Å². The van der Waals surface area contributed by atoms with Gasteiger partial charge in [0.1, 0.15) is 0 Å². The van der Waals surface area contributed by atoms with Crippen molar-refractivity contribution >= 4 is 5.97 Å². The summed E-state index contributed by atoms with van der Waals surface area (Å²) in [7, 11) is 0. The second kappa shape index (κ2) is 2.21. The van der Waals surface area contributed by atoms with Crippen LogP contribution in [0, 0.1) is 11.8 Å². The molecule has 1 rings (SSSR count). The third-order valence-corrected chi connectivity index (χ3v) is 1.73. The van der Waals surface area contributed by atoms with Gasteiger partial charge in [0.25, 0.3) is 0 Å². The standard InChI is InChI=1S/C7H10O2/c1-3-6-4-9-7(8)5(6)2/h3,5-6H,1,4H2,2H3/t5-,6-/m1/s1. The summed E-state index contributed by atoms with van der Waals surface area (Å²) in [5.74, 6) is 0.153. The molecule has 0 aromatic rings. The molecule has 1 aliphatic rings. The highest BCUT2D eigenvalue weighted by molar-refractivity contribution is 5.74.